The molecule has 0 bridgehead atoms. The molecule has 3 nitrogen and oxygen atoms in total. The molecule has 0 radical (unpaired) electrons. The predicted octanol–water partition coefficient (Wildman–Crippen LogP) is 2.73. The minimum atomic E-state index is 0.229. The van der Waals surface area contributed by atoms with Crippen LogP contribution in [0, 0.1) is 5.92 Å². The summed E-state index contributed by atoms with van der Waals surface area (Å²) in [5, 5.41) is 12.7. The van der Waals surface area contributed by atoms with Gasteiger partial charge in [0.25, 0.3) is 0 Å². The van der Waals surface area contributed by atoms with Gasteiger partial charge in [0.05, 0.1) is 0 Å². The summed E-state index contributed by atoms with van der Waals surface area (Å²) >= 11 is 0. The zero-order valence-corrected chi connectivity index (χ0v) is 11.2. The van der Waals surface area contributed by atoms with Gasteiger partial charge in [-0.1, -0.05) is 6.07 Å². The van der Waals surface area contributed by atoms with E-state index < -0.39 is 0 Å². The molecule has 3 heteroatoms. The van der Waals surface area contributed by atoms with E-state index in [1.54, 1.807) is 6.07 Å². The minimum Gasteiger partial charge on any atom is -0.508 e. The van der Waals surface area contributed by atoms with Crippen molar-refractivity contribution >= 4 is 5.91 Å². The third-order valence-electron chi connectivity index (χ3n) is 4.31. The lowest BCUT2D eigenvalue weighted by Gasteiger charge is -2.25. The molecule has 0 aromatic heterocycles. The fraction of sp³-hybridized carbons (Fsp3) is 0.562. The van der Waals surface area contributed by atoms with E-state index in [0.717, 1.165) is 38.6 Å². The Kier molecular flexibility index (Phi) is 3.45. The molecule has 1 aromatic carbocycles. The van der Waals surface area contributed by atoms with E-state index in [4.69, 9.17) is 0 Å². The molecule has 0 spiro atoms. The van der Waals surface area contributed by atoms with Gasteiger partial charge in [0.15, 0.2) is 0 Å². The first kappa shape index (κ1) is 12.5. The molecule has 1 aromatic rings. The van der Waals surface area contributed by atoms with Crippen LogP contribution in [0.1, 0.15) is 49.1 Å². The van der Waals surface area contributed by atoms with Gasteiger partial charge in [-0.3, -0.25) is 4.79 Å². The Labute approximate surface area is 114 Å². The summed E-state index contributed by atoms with van der Waals surface area (Å²) in [5.41, 5.74) is 2.65. The standard InChI is InChI=1S/C16H21NO2/c18-14-7-6-11-2-1-3-12(15(11)10-14)8-9-17-16(19)13-4-5-13/h6-7,10,12-13,18H,1-5,8-9H2,(H,17,19). The van der Waals surface area contributed by atoms with Crippen LogP contribution in [0.25, 0.3) is 0 Å². The van der Waals surface area contributed by atoms with E-state index in [9.17, 15) is 9.90 Å². The molecule has 2 N–H and O–H groups in total. The maximum absolute atomic E-state index is 11.6. The van der Waals surface area contributed by atoms with Crippen LogP contribution in [0.4, 0.5) is 0 Å². The first-order valence-corrected chi connectivity index (χ1v) is 7.33. The molecule has 0 aliphatic heterocycles. The van der Waals surface area contributed by atoms with E-state index in [2.05, 4.69) is 5.32 Å². The normalized spacial score (nSPS) is 21.8. The van der Waals surface area contributed by atoms with Gasteiger partial charge in [0.1, 0.15) is 5.75 Å². The number of rotatable bonds is 4. The second-order valence-corrected chi connectivity index (χ2v) is 5.83. The fourth-order valence-electron chi connectivity index (χ4n) is 3.04. The minimum absolute atomic E-state index is 0.229. The van der Waals surface area contributed by atoms with Crippen molar-refractivity contribution in [1.29, 1.82) is 0 Å². The summed E-state index contributed by atoms with van der Waals surface area (Å²) in [7, 11) is 0. The van der Waals surface area contributed by atoms with Gasteiger partial charge in [-0.2, -0.15) is 0 Å². The molecule has 1 atom stereocenters. The van der Waals surface area contributed by atoms with Crippen molar-refractivity contribution in [3.63, 3.8) is 0 Å². The Hall–Kier alpha value is -1.51. The molecule has 0 heterocycles. The molecule has 1 saturated carbocycles. The van der Waals surface area contributed by atoms with E-state index in [1.807, 2.05) is 12.1 Å². The molecule has 1 amide bonds. The Bertz CT molecular complexity index is 480. The van der Waals surface area contributed by atoms with Crippen LogP contribution in [0.15, 0.2) is 18.2 Å². The van der Waals surface area contributed by atoms with Gasteiger partial charge in [-0.05, 0) is 67.7 Å². The summed E-state index contributed by atoms with van der Waals surface area (Å²) in [5.74, 6) is 1.36. The zero-order chi connectivity index (χ0) is 13.2. The summed E-state index contributed by atoms with van der Waals surface area (Å²) in [4.78, 5) is 11.6. The smallest absolute Gasteiger partial charge is 0.223 e. The van der Waals surface area contributed by atoms with Crippen LogP contribution in [-0.2, 0) is 11.2 Å². The van der Waals surface area contributed by atoms with Crippen LogP contribution in [0.5, 0.6) is 5.75 Å². The summed E-state index contributed by atoms with van der Waals surface area (Å²) < 4.78 is 0. The second kappa shape index (κ2) is 5.24. The number of benzene rings is 1. The van der Waals surface area contributed by atoms with E-state index >= 15 is 0 Å². The summed E-state index contributed by atoms with van der Waals surface area (Å²) in [6.07, 6.45) is 6.59. The highest BCUT2D eigenvalue weighted by molar-refractivity contribution is 5.80. The number of hydrogen-bond acceptors (Lipinski definition) is 2. The van der Waals surface area contributed by atoms with Gasteiger partial charge in [-0.15, -0.1) is 0 Å². The highest BCUT2D eigenvalue weighted by Gasteiger charge is 2.29. The molecule has 1 fully saturated rings. The molecule has 19 heavy (non-hydrogen) atoms. The largest absolute Gasteiger partial charge is 0.508 e. The van der Waals surface area contributed by atoms with Gasteiger partial charge in [0.2, 0.25) is 5.91 Å². The first-order chi connectivity index (χ1) is 9.24. The molecule has 2 aliphatic carbocycles. The molecule has 0 saturated heterocycles. The number of carbonyl (C=O) groups excluding carboxylic acids is 1. The molecular weight excluding hydrogens is 238 g/mol. The van der Waals surface area contributed by atoms with Gasteiger partial charge in [0, 0.05) is 12.5 Å². The highest BCUT2D eigenvalue weighted by Crippen LogP contribution is 2.35. The average Bonchev–Trinajstić information content (AvgIpc) is 3.23. The van der Waals surface area contributed by atoms with Crippen LogP contribution in [0.3, 0.4) is 0 Å². The number of amides is 1. The van der Waals surface area contributed by atoms with Crippen molar-refractivity contribution in [2.24, 2.45) is 5.92 Å². The van der Waals surface area contributed by atoms with Gasteiger partial charge in [-0.25, -0.2) is 0 Å². The van der Waals surface area contributed by atoms with Crippen LogP contribution < -0.4 is 5.32 Å². The van der Waals surface area contributed by atoms with Crippen LogP contribution in [0.2, 0.25) is 0 Å². The van der Waals surface area contributed by atoms with Crippen molar-refractivity contribution < 1.29 is 9.90 Å². The number of aromatic hydroxyl groups is 1. The molecule has 102 valence electrons. The number of fused-ring (bicyclic) bond motifs is 1. The topological polar surface area (TPSA) is 49.3 Å². The zero-order valence-electron chi connectivity index (χ0n) is 11.2. The maximum atomic E-state index is 11.6. The molecule has 3 rings (SSSR count). The lowest BCUT2D eigenvalue weighted by Crippen LogP contribution is -2.27. The number of phenolic OH excluding ortho intramolecular Hbond substituents is 1. The Morgan fingerprint density at radius 2 is 2.16 bits per heavy atom. The van der Waals surface area contributed by atoms with E-state index in [-0.39, 0.29) is 5.91 Å². The molecule has 1 unspecified atom stereocenters. The Balaban J connectivity index is 1.59. The van der Waals surface area contributed by atoms with Crippen LogP contribution >= 0.6 is 0 Å². The van der Waals surface area contributed by atoms with Crippen molar-refractivity contribution in [3.05, 3.63) is 29.3 Å². The third kappa shape index (κ3) is 2.91. The number of hydrogen-bond donors (Lipinski definition) is 2. The third-order valence-corrected chi connectivity index (χ3v) is 4.31. The quantitative estimate of drug-likeness (QED) is 0.873. The van der Waals surface area contributed by atoms with Crippen molar-refractivity contribution in [2.75, 3.05) is 6.54 Å². The average molecular weight is 259 g/mol. The number of carbonyl (C=O) groups is 1. The highest BCUT2D eigenvalue weighted by atomic mass is 16.3. The summed E-state index contributed by atoms with van der Waals surface area (Å²) in [6, 6.07) is 5.72. The second-order valence-electron chi connectivity index (χ2n) is 5.83. The summed E-state index contributed by atoms with van der Waals surface area (Å²) in [6.45, 7) is 0.759. The Morgan fingerprint density at radius 1 is 1.32 bits per heavy atom. The van der Waals surface area contributed by atoms with E-state index in [0.29, 0.717) is 17.6 Å². The lowest BCUT2D eigenvalue weighted by atomic mass is 9.81. The van der Waals surface area contributed by atoms with E-state index in [1.165, 1.54) is 17.5 Å². The molecular formula is C16H21NO2. The SMILES string of the molecule is O=C(NCCC1CCCc2ccc(O)cc21)C1CC1. The van der Waals surface area contributed by atoms with Crippen LogP contribution in [-0.4, -0.2) is 17.6 Å². The monoisotopic (exact) mass is 259 g/mol. The number of nitrogens with one attached hydrogen (secondary N) is 1. The number of phenols is 1. The maximum Gasteiger partial charge on any atom is 0.223 e. The Morgan fingerprint density at radius 3 is 2.95 bits per heavy atom. The molecule has 2 aliphatic rings. The fourth-order valence-corrected chi connectivity index (χ4v) is 3.04. The predicted molar refractivity (Wildman–Crippen MR) is 74.1 cm³/mol. The van der Waals surface area contributed by atoms with Gasteiger partial charge < -0.3 is 10.4 Å². The number of aryl methyl sites for hydroxylation is 1. The van der Waals surface area contributed by atoms with Crippen molar-refractivity contribution in [1.82, 2.24) is 5.32 Å². The lowest BCUT2D eigenvalue weighted by molar-refractivity contribution is -0.122. The van der Waals surface area contributed by atoms with Gasteiger partial charge >= 0.3 is 0 Å². The first-order valence-electron chi connectivity index (χ1n) is 7.33. The van der Waals surface area contributed by atoms with Crippen molar-refractivity contribution in [2.45, 2.75) is 44.4 Å². The van der Waals surface area contributed by atoms with Crippen molar-refractivity contribution in [3.8, 4) is 5.75 Å².